The third-order valence-corrected chi connectivity index (χ3v) is 8.33. The summed E-state index contributed by atoms with van der Waals surface area (Å²) in [4.78, 5) is 0. The van der Waals surface area contributed by atoms with Gasteiger partial charge in [0.15, 0.2) is 0 Å². The third-order valence-electron chi connectivity index (χ3n) is 3.96. The van der Waals surface area contributed by atoms with Gasteiger partial charge in [-0.3, -0.25) is 0 Å². The molecule has 2 atom stereocenters. The molecule has 0 amide bonds. The van der Waals surface area contributed by atoms with Crippen molar-refractivity contribution in [2.75, 3.05) is 0 Å². The average Bonchev–Trinajstić information content (AvgIpc) is 2.96. The van der Waals surface area contributed by atoms with Gasteiger partial charge in [-0.1, -0.05) is 0 Å². The predicted octanol–water partition coefficient (Wildman–Crippen LogP) is -1.37. The molecule has 0 bridgehead atoms. The topological polar surface area (TPSA) is 0 Å². The summed E-state index contributed by atoms with van der Waals surface area (Å²) in [5.74, 6) is 0. The van der Waals surface area contributed by atoms with E-state index in [0.29, 0.717) is 0 Å². The van der Waals surface area contributed by atoms with E-state index < -0.39 is 0 Å². The fraction of sp³-hybridized carbons (Fsp3) is 0.294. The van der Waals surface area contributed by atoms with E-state index in [0.717, 1.165) is 5.66 Å². The minimum Gasteiger partial charge on any atom is -1.00 e. The number of benzene rings is 1. The van der Waals surface area contributed by atoms with Gasteiger partial charge in [-0.2, -0.15) is 0 Å². The minimum atomic E-state index is -0.162. The Kier molecular flexibility index (Phi) is 7.62. The monoisotopic (exact) mass is 413 g/mol. The Labute approximate surface area is 156 Å². The van der Waals surface area contributed by atoms with Crippen LogP contribution in [0.3, 0.4) is 0 Å². The molecule has 2 aliphatic rings. The van der Waals surface area contributed by atoms with Crippen LogP contribution >= 0.6 is 7.92 Å². The van der Waals surface area contributed by atoms with Crippen molar-refractivity contribution in [1.29, 1.82) is 0 Å². The van der Waals surface area contributed by atoms with Gasteiger partial charge < -0.3 is 24.8 Å². The van der Waals surface area contributed by atoms with E-state index in [1.54, 1.807) is 49.8 Å². The van der Waals surface area contributed by atoms with Crippen molar-refractivity contribution in [2.45, 2.75) is 32.3 Å². The zero-order valence-corrected chi connectivity index (χ0v) is 17.1. The number of halogens is 2. The van der Waals surface area contributed by atoms with Gasteiger partial charge in [0.05, 0.1) is 0 Å². The van der Waals surface area contributed by atoms with Gasteiger partial charge in [-0.05, 0) is 0 Å². The van der Waals surface area contributed by atoms with E-state index in [1.165, 1.54) is 12.8 Å². The molecule has 0 nitrogen and oxygen atoms in total. The van der Waals surface area contributed by atoms with Crippen LogP contribution in [-0.4, -0.2) is 5.66 Å². The first kappa shape index (κ1) is 19.4. The van der Waals surface area contributed by atoms with Crippen LogP contribution in [-0.2, 0) is 24.7 Å². The van der Waals surface area contributed by atoms with Crippen molar-refractivity contribution >= 4 is 13.2 Å². The molecular weight excluding hydrogens is 397 g/mol. The number of rotatable bonds is 3. The largest absolute Gasteiger partial charge is 1.00 e. The van der Waals surface area contributed by atoms with Gasteiger partial charge >= 0.3 is 133 Å². The molecule has 3 rings (SSSR count). The second kappa shape index (κ2) is 8.26. The summed E-state index contributed by atoms with van der Waals surface area (Å²) in [6.45, 7) is 4.61. The summed E-state index contributed by atoms with van der Waals surface area (Å²) in [6, 6.07) is 11.1. The summed E-state index contributed by atoms with van der Waals surface area (Å²) in [7, 11) is -0.162. The maximum absolute atomic E-state index is 2.57. The molecule has 1 aromatic rings. The van der Waals surface area contributed by atoms with E-state index in [2.05, 4.69) is 56.3 Å². The molecule has 0 fully saturated rings. The molecule has 0 aromatic heterocycles. The van der Waals surface area contributed by atoms with Crippen molar-refractivity contribution in [3.63, 3.8) is 0 Å². The first-order valence-corrected chi connectivity index (χ1v) is 9.63. The van der Waals surface area contributed by atoms with Crippen LogP contribution in [0.1, 0.15) is 26.7 Å². The summed E-state index contributed by atoms with van der Waals surface area (Å²) in [5.41, 5.74) is 3.92. The van der Waals surface area contributed by atoms with Gasteiger partial charge in [0.2, 0.25) is 0 Å². The molecule has 109 valence electrons. The Hall–Kier alpha value is 0.333. The van der Waals surface area contributed by atoms with E-state index in [9.17, 15) is 0 Å². The summed E-state index contributed by atoms with van der Waals surface area (Å²) in [6.07, 6.45) is 7.50. The molecule has 4 heteroatoms. The summed E-state index contributed by atoms with van der Waals surface area (Å²) < 4.78 is 1.61. The van der Waals surface area contributed by atoms with Crippen LogP contribution in [0.5, 0.6) is 0 Å². The first-order valence-electron chi connectivity index (χ1n) is 6.99. The molecule has 0 saturated heterocycles. The number of allylic oxidation sites excluding steroid dienone is 6. The fourth-order valence-electron chi connectivity index (χ4n) is 2.93. The van der Waals surface area contributed by atoms with E-state index in [4.69, 9.17) is 0 Å². The average molecular weight is 415 g/mol. The summed E-state index contributed by atoms with van der Waals surface area (Å²) >= 11 is 1.58. The van der Waals surface area contributed by atoms with Gasteiger partial charge in [0, 0.05) is 0 Å². The molecule has 1 aliphatic carbocycles. The molecule has 1 aliphatic heterocycles. The second-order valence-corrected chi connectivity index (χ2v) is 8.68. The van der Waals surface area contributed by atoms with E-state index in [1.807, 2.05) is 0 Å². The van der Waals surface area contributed by atoms with Crippen LogP contribution in [0.25, 0.3) is 0 Å². The zero-order valence-electron chi connectivity index (χ0n) is 12.2. The van der Waals surface area contributed by atoms with Crippen LogP contribution < -0.4 is 30.1 Å². The molecule has 0 saturated carbocycles. The van der Waals surface area contributed by atoms with Gasteiger partial charge in [0.25, 0.3) is 0 Å². The molecule has 1 aromatic carbocycles. The van der Waals surface area contributed by atoms with Gasteiger partial charge in [-0.25, -0.2) is 0 Å². The molecule has 21 heavy (non-hydrogen) atoms. The van der Waals surface area contributed by atoms with E-state index >= 15 is 0 Å². The van der Waals surface area contributed by atoms with Crippen LogP contribution in [0.4, 0.5) is 0 Å². The van der Waals surface area contributed by atoms with Crippen molar-refractivity contribution < 1.29 is 49.5 Å². The molecule has 0 spiro atoms. The van der Waals surface area contributed by atoms with Crippen LogP contribution in [0.15, 0.2) is 62.2 Å². The van der Waals surface area contributed by atoms with Crippen LogP contribution in [0, 0.1) is 0 Å². The first-order chi connectivity index (χ1) is 9.26. The molecule has 1 heterocycles. The number of hydrogen-bond donors (Lipinski definition) is 0. The zero-order chi connectivity index (χ0) is 13.4. The molecular formula is C17H18Cl2PZr. The third kappa shape index (κ3) is 3.48. The normalized spacial score (nSPS) is 23.0. The van der Waals surface area contributed by atoms with Gasteiger partial charge in [-0.15, -0.1) is 0 Å². The standard InChI is InChI=1S/C17H18P.2ClH.Zr/c1-3-13-10-14-12-15(4-2)18(17(14)11-13)16-8-6-5-7-9-16;;;/h5-9,11-12,15H,3-4H2,1-2H3;2*1H;/q;;;+2/p-2. The second-order valence-electron chi connectivity index (χ2n) is 5.04. The Balaban J connectivity index is 0.00000110. The fourth-order valence-corrected chi connectivity index (χ4v) is 7.25. The van der Waals surface area contributed by atoms with Gasteiger partial charge in [0.1, 0.15) is 0 Å². The predicted molar refractivity (Wildman–Crippen MR) is 80.6 cm³/mol. The van der Waals surface area contributed by atoms with E-state index in [-0.39, 0.29) is 32.7 Å². The number of hydrogen-bond acceptors (Lipinski definition) is 0. The maximum atomic E-state index is 2.57. The quantitative estimate of drug-likeness (QED) is 0.535. The van der Waals surface area contributed by atoms with Crippen molar-refractivity contribution in [1.82, 2.24) is 0 Å². The minimum absolute atomic E-state index is 0. The smallest absolute Gasteiger partial charge is 1.00 e. The molecule has 0 radical (unpaired) electrons. The SMILES string of the molecule is CCC1=[C]([Zr+2])C2=CC(CC)P(c3ccccc3)C2=C1.[Cl-].[Cl-]. The Morgan fingerprint density at radius 1 is 1.10 bits per heavy atom. The van der Waals surface area contributed by atoms with Crippen molar-refractivity contribution in [3.8, 4) is 0 Å². The molecule has 2 unspecified atom stereocenters. The maximum Gasteiger partial charge on any atom is -1.00 e. The Morgan fingerprint density at radius 2 is 1.76 bits per heavy atom. The van der Waals surface area contributed by atoms with Crippen molar-refractivity contribution in [2.24, 2.45) is 0 Å². The van der Waals surface area contributed by atoms with Crippen molar-refractivity contribution in [3.05, 3.63) is 62.2 Å². The van der Waals surface area contributed by atoms with Crippen LogP contribution in [0.2, 0.25) is 0 Å². The number of fused-ring (bicyclic) bond motifs is 1. The Morgan fingerprint density at radius 3 is 2.33 bits per heavy atom. The molecule has 0 N–H and O–H groups in total. The summed E-state index contributed by atoms with van der Waals surface area (Å²) in [5, 5.41) is 3.19. The Bertz CT molecular complexity index is 590.